The molecular formula is C27H27N5O2. The van der Waals surface area contributed by atoms with E-state index in [1.807, 2.05) is 31.3 Å². The maximum absolute atomic E-state index is 12.2. The molecule has 3 aromatic rings. The van der Waals surface area contributed by atoms with Gasteiger partial charge in [-0.2, -0.15) is 0 Å². The predicted octanol–water partition coefficient (Wildman–Crippen LogP) is 4.20. The molecule has 1 aliphatic carbocycles. The van der Waals surface area contributed by atoms with Crippen molar-refractivity contribution < 1.29 is 9.53 Å². The van der Waals surface area contributed by atoms with Crippen molar-refractivity contribution in [2.45, 2.75) is 63.7 Å². The standard InChI is InChI=1S/C27H27N5O2/c1-16-25-15-30-26(32-27(33)17-2-3-17)12-24(25)18(13-28-16)4-5-19-6-7-20(14-29-19)31-21-10-22-8-9-23(11-21)34-22/h6-7,12-15,17,21-23,31H,2-3,8-11H2,1H3,(H,30,32,33)/t21?,22-,23+. The SMILES string of the molecule is Cc1ncc(C#Cc2ccc(NC3C[C@H]4CC[C@@H](C3)O4)cn2)c2cc(NC(=O)C3CC3)ncc12. The summed E-state index contributed by atoms with van der Waals surface area (Å²) in [5.41, 5.74) is 3.37. The van der Waals surface area contributed by atoms with Crippen LogP contribution < -0.4 is 10.6 Å². The van der Waals surface area contributed by atoms with Crippen molar-refractivity contribution in [1.82, 2.24) is 15.0 Å². The summed E-state index contributed by atoms with van der Waals surface area (Å²) < 4.78 is 5.93. The van der Waals surface area contributed by atoms with Crippen LogP contribution in [-0.4, -0.2) is 39.1 Å². The summed E-state index contributed by atoms with van der Waals surface area (Å²) in [5.74, 6) is 7.09. The van der Waals surface area contributed by atoms with Crippen LogP contribution in [-0.2, 0) is 9.53 Å². The largest absolute Gasteiger partial charge is 0.381 e. The first-order valence-corrected chi connectivity index (χ1v) is 12.1. The van der Waals surface area contributed by atoms with Gasteiger partial charge in [0, 0.05) is 40.8 Å². The molecule has 1 unspecified atom stereocenters. The van der Waals surface area contributed by atoms with Crippen LogP contribution in [0.15, 0.2) is 36.8 Å². The van der Waals surface area contributed by atoms with E-state index in [1.54, 1.807) is 12.4 Å². The third kappa shape index (κ3) is 4.46. The second-order valence-electron chi connectivity index (χ2n) is 9.59. The van der Waals surface area contributed by atoms with Crippen molar-refractivity contribution in [2.75, 3.05) is 10.6 Å². The molecule has 0 radical (unpaired) electrons. The van der Waals surface area contributed by atoms with E-state index in [9.17, 15) is 4.79 Å². The highest BCUT2D eigenvalue weighted by atomic mass is 16.5. The molecule has 2 N–H and O–H groups in total. The number of aromatic nitrogens is 3. The number of amides is 1. The highest BCUT2D eigenvalue weighted by Crippen LogP contribution is 2.34. The van der Waals surface area contributed by atoms with E-state index in [0.717, 1.165) is 53.4 Å². The molecule has 0 aromatic carbocycles. The Hall–Kier alpha value is -3.50. The molecule has 2 bridgehead atoms. The van der Waals surface area contributed by atoms with Gasteiger partial charge < -0.3 is 15.4 Å². The van der Waals surface area contributed by atoms with Gasteiger partial charge in [-0.05, 0) is 69.6 Å². The van der Waals surface area contributed by atoms with Crippen molar-refractivity contribution in [3.63, 3.8) is 0 Å². The summed E-state index contributed by atoms with van der Waals surface area (Å²) in [7, 11) is 0. The van der Waals surface area contributed by atoms with Crippen LogP contribution in [0.1, 0.15) is 55.5 Å². The Morgan fingerprint density at radius 2 is 1.79 bits per heavy atom. The number of hydrogen-bond donors (Lipinski definition) is 2. The van der Waals surface area contributed by atoms with Crippen LogP contribution in [0, 0.1) is 24.7 Å². The van der Waals surface area contributed by atoms with Gasteiger partial charge >= 0.3 is 0 Å². The number of carbonyl (C=O) groups is 1. The normalized spacial score (nSPS) is 23.3. The van der Waals surface area contributed by atoms with Crippen molar-refractivity contribution in [3.8, 4) is 11.8 Å². The van der Waals surface area contributed by atoms with E-state index >= 15 is 0 Å². The van der Waals surface area contributed by atoms with E-state index in [4.69, 9.17) is 4.74 Å². The molecule has 2 aliphatic heterocycles. The molecule has 3 fully saturated rings. The Bertz CT molecular complexity index is 1290. The molecule has 3 aromatic heterocycles. The fraction of sp³-hybridized carbons (Fsp3) is 0.407. The lowest BCUT2D eigenvalue weighted by Crippen LogP contribution is -2.33. The Morgan fingerprint density at radius 3 is 2.53 bits per heavy atom. The van der Waals surface area contributed by atoms with Gasteiger partial charge in [-0.3, -0.25) is 9.78 Å². The second kappa shape index (κ2) is 8.69. The Balaban J connectivity index is 1.20. The fourth-order valence-electron chi connectivity index (χ4n) is 4.90. The van der Waals surface area contributed by atoms with Gasteiger partial charge in [0.25, 0.3) is 0 Å². The number of hydrogen-bond acceptors (Lipinski definition) is 6. The molecule has 3 aliphatic rings. The lowest BCUT2D eigenvalue weighted by Gasteiger charge is -2.29. The van der Waals surface area contributed by atoms with Crippen LogP contribution in [0.2, 0.25) is 0 Å². The molecular weight excluding hydrogens is 426 g/mol. The first-order valence-electron chi connectivity index (χ1n) is 12.1. The fourth-order valence-corrected chi connectivity index (χ4v) is 4.90. The van der Waals surface area contributed by atoms with Crippen molar-refractivity contribution >= 4 is 28.2 Å². The summed E-state index contributed by atoms with van der Waals surface area (Å²) in [6.07, 6.45) is 12.6. The van der Waals surface area contributed by atoms with Crippen molar-refractivity contribution in [2.24, 2.45) is 5.92 Å². The number of ether oxygens (including phenoxy) is 1. The van der Waals surface area contributed by atoms with Gasteiger partial charge in [-0.1, -0.05) is 5.92 Å². The van der Waals surface area contributed by atoms with E-state index < -0.39 is 0 Å². The van der Waals surface area contributed by atoms with Crippen molar-refractivity contribution in [1.29, 1.82) is 0 Å². The minimum absolute atomic E-state index is 0.0385. The summed E-state index contributed by atoms with van der Waals surface area (Å²) >= 11 is 0. The van der Waals surface area contributed by atoms with Crippen LogP contribution in [0.25, 0.3) is 10.8 Å². The van der Waals surface area contributed by atoms with E-state index in [1.165, 1.54) is 12.8 Å². The molecule has 7 heteroatoms. The average Bonchev–Trinajstić information content (AvgIpc) is 3.64. The number of anilines is 2. The van der Waals surface area contributed by atoms with Gasteiger partial charge in [-0.25, -0.2) is 9.97 Å². The highest BCUT2D eigenvalue weighted by molar-refractivity contribution is 5.96. The first-order chi connectivity index (χ1) is 16.6. The number of aryl methyl sites for hydroxylation is 1. The molecule has 2 saturated heterocycles. The molecule has 1 saturated carbocycles. The number of fused-ring (bicyclic) bond motifs is 3. The third-order valence-electron chi connectivity index (χ3n) is 6.92. The van der Waals surface area contributed by atoms with Crippen molar-refractivity contribution in [3.05, 3.63) is 53.7 Å². The maximum atomic E-state index is 12.2. The molecule has 7 nitrogen and oxygen atoms in total. The molecule has 0 spiro atoms. The van der Waals surface area contributed by atoms with Gasteiger partial charge in [-0.15, -0.1) is 0 Å². The van der Waals surface area contributed by atoms with Crippen LogP contribution in [0.4, 0.5) is 11.5 Å². The van der Waals surface area contributed by atoms with Gasteiger partial charge in [0.15, 0.2) is 0 Å². The quantitative estimate of drug-likeness (QED) is 0.576. The Kier molecular flexibility index (Phi) is 5.39. The smallest absolute Gasteiger partial charge is 0.228 e. The monoisotopic (exact) mass is 453 g/mol. The highest BCUT2D eigenvalue weighted by Gasteiger charge is 2.34. The minimum atomic E-state index is 0.0385. The van der Waals surface area contributed by atoms with Gasteiger partial charge in [0.2, 0.25) is 5.91 Å². The second-order valence-corrected chi connectivity index (χ2v) is 9.59. The lowest BCUT2D eigenvalue weighted by molar-refractivity contribution is -0.117. The Labute approximate surface area is 198 Å². The van der Waals surface area contributed by atoms with E-state index in [-0.39, 0.29) is 11.8 Å². The number of pyridine rings is 3. The molecule has 172 valence electrons. The lowest BCUT2D eigenvalue weighted by atomic mass is 10.0. The average molecular weight is 454 g/mol. The number of nitrogens with zero attached hydrogens (tertiary/aromatic N) is 3. The van der Waals surface area contributed by atoms with Crippen LogP contribution in [0.5, 0.6) is 0 Å². The van der Waals surface area contributed by atoms with Gasteiger partial charge in [0.05, 0.1) is 29.7 Å². The molecule has 6 rings (SSSR count). The van der Waals surface area contributed by atoms with Crippen LogP contribution >= 0.6 is 0 Å². The zero-order valence-electron chi connectivity index (χ0n) is 19.2. The molecule has 34 heavy (non-hydrogen) atoms. The number of carbonyl (C=O) groups excluding carboxylic acids is 1. The van der Waals surface area contributed by atoms with E-state index in [2.05, 4.69) is 37.4 Å². The van der Waals surface area contributed by atoms with E-state index in [0.29, 0.717) is 29.8 Å². The first kappa shape index (κ1) is 21.1. The molecule has 5 heterocycles. The number of rotatable bonds is 4. The topological polar surface area (TPSA) is 89.0 Å². The Morgan fingerprint density at radius 1 is 0.971 bits per heavy atom. The zero-order valence-corrected chi connectivity index (χ0v) is 19.2. The summed E-state index contributed by atoms with van der Waals surface area (Å²) in [6, 6.07) is 6.30. The summed E-state index contributed by atoms with van der Waals surface area (Å²) in [4.78, 5) is 25.6. The molecule has 1 amide bonds. The zero-order chi connectivity index (χ0) is 23.1. The van der Waals surface area contributed by atoms with Gasteiger partial charge in [0.1, 0.15) is 11.5 Å². The maximum Gasteiger partial charge on any atom is 0.228 e. The number of nitrogens with one attached hydrogen (secondary N) is 2. The summed E-state index contributed by atoms with van der Waals surface area (Å²) in [6.45, 7) is 1.95. The minimum Gasteiger partial charge on any atom is -0.381 e. The predicted molar refractivity (Wildman–Crippen MR) is 130 cm³/mol. The molecule has 3 atom stereocenters. The third-order valence-corrected chi connectivity index (χ3v) is 6.92. The summed E-state index contributed by atoms with van der Waals surface area (Å²) in [5, 5.41) is 8.37. The van der Waals surface area contributed by atoms with Crippen LogP contribution in [0.3, 0.4) is 0 Å².